The largest absolute Gasteiger partial charge is 0.399 e. The summed E-state index contributed by atoms with van der Waals surface area (Å²) in [6.45, 7) is 1.29. The number of amides is 3. The number of carbonyl (C=O) groups is 2. The van der Waals surface area contributed by atoms with E-state index in [1.54, 1.807) is 18.2 Å². The molecule has 7 nitrogen and oxygen atoms in total. The molecule has 0 radical (unpaired) electrons. The van der Waals surface area contributed by atoms with E-state index in [4.69, 9.17) is 5.73 Å². The maximum atomic E-state index is 12.2. The Morgan fingerprint density at radius 1 is 1.30 bits per heavy atom. The number of nitrogens with one attached hydrogen (secondary N) is 1. The summed E-state index contributed by atoms with van der Waals surface area (Å²) in [5.41, 5.74) is 6.50. The van der Waals surface area contributed by atoms with Gasteiger partial charge in [-0.15, -0.1) is 0 Å². The second kappa shape index (κ2) is 5.79. The van der Waals surface area contributed by atoms with Crippen LogP contribution in [0, 0.1) is 0 Å². The molecule has 0 spiro atoms. The van der Waals surface area contributed by atoms with E-state index in [1.165, 1.54) is 31.6 Å². The molecule has 3 amide bonds. The first-order chi connectivity index (χ1) is 9.58. The number of hydrogen-bond donors (Lipinski definition) is 2. The summed E-state index contributed by atoms with van der Waals surface area (Å²) in [5.74, 6) is -0.176. The molecule has 2 rings (SSSR count). The molecule has 1 aromatic heterocycles. The summed E-state index contributed by atoms with van der Waals surface area (Å²) < 4.78 is 0. The Hall–Kier alpha value is -2.96. The third-order valence-electron chi connectivity index (χ3n) is 2.44. The van der Waals surface area contributed by atoms with Gasteiger partial charge in [0.15, 0.2) is 5.82 Å². The van der Waals surface area contributed by atoms with Crippen LogP contribution in [0.5, 0.6) is 0 Å². The highest BCUT2D eigenvalue weighted by Gasteiger charge is 2.20. The van der Waals surface area contributed by atoms with Crippen molar-refractivity contribution < 1.29 is 9.59 Å². The Bertz CT molecular complexity index is 630. The minimum Gasteiger partial charge on any atom is -0.399 e. The molecule has 0 aliphatic carbocycles. The maximum absolute atomic E-state index is 12.2. The van der Waals surface area contributed by atoms with Crippen molar-refractivity contribution in [2.75, 3.05) is 16.0 Å². The van der Waals surface area contributed by atoms with E-state index in [2.05, 4.69) is 15.3 Å². The first-order valence-corrected chi connectivity index (χ1v) is 5.81. The molecule has 1 heterocycles. The Morgan fingerprint density at radius 3 is 2.70 bits per heavy atom. The smallest absolute Gasteiger partial charge is 0.334 e. The number of carbonyl (C=O) groups excluding carboxylic acids is 2. The van der Waals surface area contributed by atoms with E-state index < -0.39 is 11.9 Å². The molecular weight excluding hydrogens is 258 g/mol. The zero-order valence-electron chi connectivity index (χ0n) is 10.8. The monoisotopic (exact) mass is 271 g/mol. The van der Waals surface area contributed by atoms with Crippen molar-refractivity contribution in [1.82, 2.24) is 9.97 Å². The van der Waals surface area contributed by atoms with Gasteiger partial charge in [0, 0.05) is 25.0 Å². The number of nitrogens with zero attached hydrogens (tertiary/aromatic N) is 3. The first kappa shape index (κ1) is 13.5. The summed E-state index contributed by atoms with van der Waals surface area (Å²) in [4.78, 5) is 32.5. The molecule has 0 unspecified atom stereocenters. The molecule has 0 fully saturated rings. The number of aromatic nitrogens is 2. The molecule has 2 aromatic rings. The van der Waals surface area contributed by atoms with Crippen LogP contribution in [0.1, 0.15) is 6.92 Å². The van der Waals surface area contributed by atoms with Gasteiger partial charge in [-0.25, -0.2) is 14.7 Å². The third-order valence-corrected chi connectivity index (χ3v) is 2.44. The lowest BCUT2D eigenvalue weighted by molar-refractivity contribution is -0.115. The molecule has 7 heteroatoms. The number of nitrogen functional groups attached to an aromatic ring is 1. The maximum Gasteiger partial charge on any atom is 0.334 e. The van der Waals surface area contributed by atoms with Gasteiger partial charge < -0.3 is 5.73 Å². The van der Waals surface area contributed by atoms with E-state index in [-0.39, 0.29) is 5.82 Å². The van der Waals surface area contributed by atoms with Crippen molar-refractivity contribution in [2.24, 2.45) is 0 Å². The predicted molar refractivity (Wildman–Crippen MR) is 75.1 cm³/mol. The zero-order valence-corrected chi connectivity index (χ0v) is 10.8. The number of urea groups is 1. The second-order valence-corrected chi connectivity index (χ2v) is 3.97. The standard InChI is InChI=1S/C13H13N5O2/c1-9(19)18(11-4-2-3-10(14)7-11)13(20)17-12-8-15-5-6-16-12/h2-8H,14H2,1H3,(H,16,17,20). The van der Waals surface area contributed by atoms with Gasteiger partial charge in [-0.05, 0) is 18.2 Å². The van der Waals surface area contributed by atoms with Gasteiger partial charge in [-0.1, -0.05) is 6.07 Å². The Labute approximate surface area is 115 Å². The van der Waals surface area contributed by atoms with Crippen molar-refractivity contribution in [2.45, 2.75) is 6.92 Å². The van der Waals surface area contributed by atoms with Gasteiger partial charge in [0.05, 0.1) is 11.9 Å². The highest BCUT2D eigenvalue weighted by atomic mass is 16.2. The van der Waals surface area contributed by atoms with Crippen LogP contribution >= 0.6 is 0 Å². The van der Waals surface area contributed by atoms with E-state index in [0.717, 1.165) is 4.90 Å². The lowest BCUT2D eigenvalue weighted by Crippen LogP contribution is -2.38. The molecule has 3 N–H and O–H groups in total. The van der Waals surface area contributed by atoms with Crippen LogP contribution in [0.4, 0.5) is 22.0 Å². The Kier molecular flexibility index (Phi) is 3.90. The summed E-state index contributed by atoms with van der Waals surface area (Å²) >= 11 is 0. The number of hydrogen-bond acceptors (Lipinski definition) is 5. The van der Waals surface area contributed by atoms with Crippen molar-refractivity contribution in [3.8, 4) is 0 Å². The average Bonchev–Trinajstić information content (AvgIpc) is 2.39. The van der Waals surface area contributed by atoms with E-state index in [1.807, 2.05) is 0 Å². The van der Waals surface area contributed by atoms with Crippen LogP contribution in [-0.4, -0.2) is 21.9 Å². The van der Waals surface area contributed by atoms with Crippen LogP contribution in [0.2, 0.25) is 0 Å². The topological polar surface area (TPSA) is 101 Å². The Balaban J connectivity index is 2.25. The lowest BCUT2D eigenvalue weighted by Gasteiger charge is -2.19. The van der Waals surface area contributed by atoms with Crippen molar-refractivity contribution in [3.05, 3.63) is 42.9 Å². The average molecular weight is 271 g/mol. The van der Waals surface area contributed by atoms with Crippen molar-refractivity contribution >= 4 is 29.1 Å². The minimum atomic E-state index is -0.622. The summed E-state index contributed by atoms with van der Waals surface area (Å²) in [5, 5.41) is 2.49. The molecule has 1 aromatic carbocycles. The molecular formula is C13H13N5O2. The minimum absolute atomic E-state index is 0.257. The van der Waals surface area contributed by atoms with Gasteiger partial charge in [-0.3, -0.25) is 15.1 Å². The quantitative estimate of drug-likeness (QED) is 0.808. The van der Waals surface area contributed by atoms with E-state index >= 15 is 0 Å². The SMILES string of the molecule is CC(=O)N(C(=O)Nc1cnccn1)c1cccc(N)c1. The zero-order chi connectivity index (χ0) is 14.5. The summed E-state index contributed by atoms with van der Waals surface area (Å²) in [6.07, 6.45) is 4.31. The van der Waals surface area contributed by atoms with Crippen LogP contribution in [0.3, 0.4) is 0 Å². The van der Waals surface area contributed by atoms with E-state index in [0.29, 0.717) is 11.4 Å². The number of anilines is 3. The molecule has 0 saturated carbocycles. The van der Waals surface area contributed by atoms with Gasteiger partial charge in [0.1, 0.15) is 0 Å². The fourth-order valence-corrected chi connectivity index (χ4v) is 1.64. The molecule has 0 aliphatic heterocycles. The molecule has 0 aliphatic rings. The molecule has 0 bridgehead atoms. The van der Waals surface area contributed by atoms with Crippen molar-refractivity contribution in [1.29, 1.82) is 0 Å². The molecule has 102 valence electrons. The fraction of sp³-hybridized carbons (Fsp3) is 0.0769. The normalized spacial score (nSPS) is 9.85. The summed E-state index contributed by atoms with van der Waals surface area (Å²) in [7, 11) is 0. The number of imide groups is 1. The van der Waals surface area contributed by atoms with E-state index in [9.17, 15) is 9.59 Å². The number of benzene rings is 1. The molecule has 0 saturated heterocycles. The van der Waals surface area contributed by atoms with Crippen LogP contribution in [0.25, 0.3) is 0 Å². The molecule has 20 heavy (non-hydrogen) atoms. The third kappa shape index (κ3) is 3.08. The van der Waals surface area contributed by atoms with Gasteiger partial charge in [0.2, 0.25) is 5.91 Å². The molecule has 0 atom stereocenters. The first-order valence-electron chi connectivity index (χ1n) is 5.81. The van der Waals surface area contributed by atoms with Crippen molar-refractivity contribution in [3.63, 3.8) is 0 Å². The number of rotatable bonds is 2. The van der Waals surface area contributed by atoms with Crippen LogP contribution in [-0.2, 0) is 4.79 Å². The van der Waals surface area contributed by atoms with Gasteiger partial charge in [0.25, 0.3) is 0 Å². The fourth-order valence-electron chi connectivity index (χ4n) is 1.64. The summed E-state index contributed by atoms with van der Waals surface area (Å²) in [6, 6.07) is 5.87. The highest BCUT2D eigenvalue weighted by molar-refractivity contribution is 6.17. The highest BCUT2D eigenvalue weighted by Crippen LogP contribution is 2.18. The number of nitrogens with two attached hydrogens (primary N) is 1. The van der Waals surface area contributed by atoms with Gasteiger partial charge in [-0.2, -0.15) is 0 Å². The lowest BCUT2D eigenvalue weighted by atomic mass is 10.2. The van der Waals surface area contributed by atoms with Crippen LogP contribution in [0.15, 0.2) is 42.9 Å². The Morgan fingerprint density at radius 2 is 2.10 bits per heavy atom. The predicted octanol–water partition coefficient (Wildman–Crippen LogP) is 1.64. The van der Waals surface area contributed by atoms with Crippen LogP contribution < -0.4 is 16.0 Å². The second-order valence-electron chi connectivity index (χ2n) is 3.97. The van der Waals surface area contributed by atoms with Gasteiger partial charge >= 0.3 is 6.03 Å².